The van der Waals surface area contributed by atoms with E-state index in [1.165, 1.54) is 5.69 Å². The minimum atomic E-state index is -0.382. The summed E-state index contributed by atoms with van der Waals surface area (Å²) in [6.45, 7) is 4.29. The lowest BCUT2D eigenvalue weighted by Gasteiger charge is -2.28. The van der Waals surface area contributed by atoms with Gasteiger partial charge in [0.25, 0.3) is 0 Å². The van der Waals surface area contributed by atoms with Crippen molar-refractivity contribution in [2.45, 2.75) is 25.9 Å². The van der Waals surface area contributed by atoms with Crippen LogP contribution in [-0.4, -0.2) is 36.8 Å². The molecule has 7 heteroatoms. The molecule has 2 aromatic carbocycles. The monoisotopic (exact) mass is 395 g/mol. The van der Waals surface area contributed by atoms with Gasteiger partial charge < -0.3 is 19.4 Å². The van der Waals surface area contributed by atoms with Crippen molar-refractivity contribution >= 4 is 22.7 Å². The second-order valence-electron chi connectivity index (χ2n) is 7.13. The Morgan fingerprint density at radius 2 is 1.79 bits per heavy atom. The van der Waals surface area contributed by atoms with Crippen molar-refractivity contribution in [2.75, 3.05) is 31.2 Å². The Hall–Kier alpha value is -3.06. The van der Waals surface area contributed by atoms with E-state index in [2.05, 4.69) is 22.3 Å². The highest BCUT2D eigenvalue weighted by molar-refractivity contribution is 5.76. The fourth-order valence-electron chi connectivity index (χ4n) is 3.56. The Labute approximate surface area is 168 Å². The molecule has 1 aliphatic rings. The Morgan fingerprint density at radius 3 is 2.59 bits per heavy atom. The van der Waals surface area contributed by atoms with Crippen LogP contribution < -0.4 is 16.0 Å². The summed E-state index contributed by atoms with van der Waals surface area (Å²) >= 11 is 0. The third-order valence-electron chi connectivity index (χ3n) is 5.16. The highest BCUT2D eigenvalue weighted by Crippen LogP contribution is 2.17. The van der Waals surface area contributed by atoms with Crippen LogP contribution in [0.2, 0.25) is 0 Å². The zero-order chi connectivity index (χ0) is 20.1. The van der Waals surface area contributed by atoms with E-state index < -0.39 is 0 Å². The van der Waals surface area contributed by atoms with Crippen LogP contribution in [-0.2, 0) is 22.6 Å². The minimum absolute atomic E-state index is 0.0249. The first kappa shape index (κ1) is 19.3. The first-order valence-corrected chi connectivity index (χ1v) is 9.97. The maximum atomic E-state index is 12.2. The number of para-hydroxylation sites is 2. The summed E-state index contributed by atoms with van der Waals surface area (Å²) in [6, 6.07) is 15.6. The zero-order valence-corrected chi connectivity index (χ0v) is 16.3. The number of aryl methyl sites for hydroxylation is 1. The number of oxazole rings is 1. The quantitative estimate of drug-likeness (QED) is 0.665. The van der Waals surface area contributed by atoms with Gasteiger partial charge in [-0.2, -0.15) is 0 Å². The predicted octanol–water partition coefficient (Wildman–Crippen LogP) is 2.53. The lowest BCUT2D eigenvalue weighted by molar-refractivity contribution is -0.121. The molecule has 0 atom stereocenters. The number of anilines is 1. The number of nitrogens with zero attached hydrogens (tertiary/aromatic N) is 2. The van der Waals surface area contributed by atoms with Gasteiger partial charge in [0.15, 0.2) is 5.58 Å². The Bertz CT molecular complexity index is 1020. The molecule has 0 bridgehead atoms. The molecule has 1 fully saturated rings. The standard InChI is InChI=1S/C22H25N3O4/c26-21(6-3-11-25-19-4-1-2-5-20(19)29-22(25)27)23-16-17-7-9-18(10-8-17)24-12-14-28-15-13-24/h1-2,4-5,7-10H,3,6,11-16H2,(H,23,26). The van der Waals surface area contributed by atoms with Gasteiger partial charge in [0.1, 0.15) is 0 Å². The third kappa shape index (κ3) is 4.68. The zero-order valence-electron chi connectivity index (χ0n) is 16.3. The summed E-state index contributed by atoms with van der Waals surface area (Å²) in [5, 5.41) is 2.95. The molecule has 1 saturated heterocycles. The van der Waals surface area contributed by atoms with E-state index in [9.17, 15) is 9.59 Å². The van der Waals surface area contributed by atoms with Gasteiger partial charge in [0.2, 0.25) is 5.91 Å². The van der Waals surface area contributed by atoms with Crippen LogP contribution >= 0.6 is 0 Å². The minimum Gasteiger partial charge on any atom is -0.408 e. The average molecular weight is 395 g/mol. The number of carbonyl (C=O) groups excluding carboxylic acids is 1. The topological polar surface area (TPSA) is 76.7 Å². The lowest BCUT2D eigenvalue weighted by Crippen LogP contribution is -2.36. The molecule has 152 valence electrons. The van der Waals surface area contributed by atoms with Crippen molar-refractivity contribution in [3.63, 3.8) is 0 Å². The Kier molecular flexibility index (Phi) is 5.95. The Morgan fingerprint density at radius 1 is 1.03 bits per heavy atom. The van der Waals surface area contributed by atoms with Gasteiger partial charge in [-0.05, 0) is 36.2 Å². The van der Waals surface area contributed by atoms with E-state index in [4.69, 9.17) is 9.15 Å². The third-order valence-corrected chi connectivity index (χ3v) is 5.16. The van der Waals surface area contributed by atoms with E-state index in [0.29, 0.717) is 31.5 Å². The van der Waals surface area contributed by atoms with Gasteiger partial charge in [0.05, 0.1) is 18.7 Å². The van der Waals surface area contributed by atoms with Crippen LogP contribution in [0.15, 0.2) is 57.7 Å². The lowest BCUT2D eigenvalue weighted by atomic mass is 10.2. The number of rotatable bonds is 7. The van der Waals surface area contributed by atoms with Crippen LogP contribution in [0.5, 0.6) is 0 Å². The molecule has 0 saturated carbocycles. The molecule has 0 unspecified atom stereocenters. The fourth-order valence-corrected chi connectivity index (χ4v) is 3.56. The highest BCUT2D eigenvalue weighted by Gasteiger charge is 2.11. The van der Waals surface area contributed by atoms with Gasteiger partial charge in [-0.25, -0.2) is 4.79 Å². The normalized spacial score (nSPS) is 14.3. The van der Waals surface area contributed by atoms with Crippen LogP contribution in [0, 0.1) is 0 Å². The van der Waals surface area contributed by atoms with Crippen LogP contribution in [0.1, 0.15) is 18.4 Å². The number of nitrogens with one attached hydrogen (secondary N) is 1. The SMILES string of the molecule is O=C(CCCn1c(=O)oc2ccccc21)NCc1ccc(N2CCOCC2)cc1. The molecule has 1 amide bonds. The van der Waals surface area contributed by atoms with Crippen molar-refractivity contribution in [1.29, 1.82) is 0 Å². The van der Waals surface area contributed by atoms with Gasteiger partial charge in [-0.3, -0.25) is 9.36 Å². The number of amides is 1. The highest BCUT2D eigenvalue weighted by atomic mass is 16.5. The molecule has 0 aliphatic carbocycles. The molecular weight excluding hydrogens is 370 g/mol. The fraction of sp³-hybridized carbons (Fsp3) is 0.364. The molecule has 3 aromatic rings. The van der Waals surface area contributed by atoms with E-state index in [1.807, 2.05) is 30.3 Å². The average Bonchev–Trinajstić information content (AvgIpc) is 3.08. The van der Waals surface area contributed by atoms with Gasteiger partial charge in [-0.1, -0.05) is 24.3 Å². The largest absolute Gasteiger partial charge is 0.419 e. The first-order chi connectivity index (χ1) is 14.2. The summed E-state index contributed by atoms with van der Waals surface area (Å²) in [5.41, 5.74) is 3.58. The van der Waals surface area contributed by atoms with Crippen molar-refractivity contribution in [3.8, 4) is 0 Å². The molecule has 4 rings (SSSR count). The van der Waals surface area contributed by atoms with Crippen LogP contribution in [0.3, 0.4) is 0 Å². The second-order valence-corrected chi connectivity index (χ2v) is 7.13. The molecule has 29 heavy (non-hydrogen) atoms. The van der Waals surface area contributed by atoms with Gasteiger partial charge in [-0.15, -0.1) is 0 Å². The van der Waals surface area contributed by atoms with E-state index in [0.717, 1.165) is 37.4 Å². The summed E-state index contributed by atoms with van der Waals surface area (Å²) in [6.07, 6.45) is 0.934. The van der Waals surface area contributed by atoms with Crippen molar-refractivity contribution in [3.05, 3.63) is 64.6 Å². The van der Waals surface area contributed by atoms with E-state index in [1.54, 1.807) is 10.6 Å². The van der Waals surface area contributed by atoms with Crippen LogP contribution in [0.25, 0.3) is 11.1 Å². The number of carbonyl (C=O) groups is 1. The predicted molar refractivity (Wildman–Crippen MR) is 111 cm³/mol. The summed E-state index contributed by atoms with van der Waals surface area (Å²) in [4.78, 5) is 26.4. The molecule has 0 radical (unpaired) electrons. The van der Waals surface area contributed by atoms with E-state index in [-0.39, 0.29) is 11.7 Å². The summed E-state index contributed by atoms with van der Waals surface area (Å²) in [7, 11) is 0. The number of hydrogen-bond donors (Lipinski definition) is 1. The number of ether oxygens (including phenoxy) is 1. The molecule has 0 spiro atoms. The van der Waals surface area contributed by atoms with Crippen molar-refractivity contribution in [1.82, 2.24) is 9.88 Å². The second kappa shape index (κ2) is 8.96. The summed E-state index contributed by atoms with van der Waals surface area (Å²) < 4.78 is 12.2. The number of hydrogen-bond acceptors (Lipinski definition) is 5. The van der Waals surface area contributed by atoms with Crippen molar-refractivity contribution in [2.24, 2.45) is 0 Å². The summed E-state index contributed by atoms with van der Waals surface area (Å²) in [5.74, 6) is -0.407. The van der Waals surface area contributed by atoms with E-state index >= 15 is 0 Å². The molecule has 7 nitrogen and oxygen atoms in total. The Balaban J connectivity index is 1.24. The molecular formula is C22H25N3O4. The molecule has 1 aliphatic heterocycles. The number of morpholine rings is 1. The van der Waals surface area contributed by atoms with Crippen LogP contribution in [0.4, 0.5) is 5.69 Å². The number of fused-ring (bicyclic) bond motifs is 1. The smallest absolute Gasteiger partial charge is 0.408 e. The molecule has 2 heterocycles. The number of benzene rings is 2. The van der Waals surface area contributed by atoms with Gasteiger partial charge >= 0.3 is 5.76 Å². The number of aromatic nitrogens is 1. The maximum absolute atomic E-state index is 12.2. The molecule has 1 N–H and O–H groups in total. The van der Waals surface area contributed by atoms with Crippen molar-refractivity contribution < 1.29 is 13.9 Å². The maximum Gasteiger partial charge on any atom is 0.419 e. The molecule has 1 aromatic heterocycles. The van der Waals surface area contributed by atoms with Gasteiger partial charge in [0, 0.05) is 38.3 Å². The first-order valence-electron chi connectivity index (χ1n) is 9.97.